The number of hydrogen-bond donors (Lipinski definition) is 1. The molecule has 1 amide bonds. The van der Waals surface area contributed by atoms with Gasteiger partial charge in [0.25, 0.3) is 5.91 Å². The lowest BCUT2D eigenvalue weighted by atomic mass is 10.1. The van der Waals surface area contributed by atoms with E-state index in [4.69, 9.17) is 17.3 Å². The van der Waals surface area contributed by atoms with E-state index in [-0.39, 0.29) is 0 Å². The Morgan fingerprint density at radius 3 is 2.92 bits per heavy atom. The Kier molecular flexibility index (Phi) is 3.43. The van der Waals surface area contributed by atoms with Crippen LogP contribution in [0.3, 0.4) is 0 Å². The lowest BCUT2D eigenvalue weighted by Gasteiger charge is -2.07. The van der Waals surface area contributed by atoms with Gasteiger partial charge in [0, 0.05) is 35.9 Å². The van der Waals surface area contributed by atoms with Crippen molar-refractivity contribution in [2.24, 2.45) is 5.73 Å². The monoisotopic (exact) mass is 336 g/mol. The molecule has 4 aromatic rings. The number of fused-ring (bicyclic) bond motifs is 2. The van der Waals surface area contributed by atoms with Crippen molar-refractivity contribution in [1.29, 1.82) is 0 Å². The Balaban J connectivity index is 1.80. The van der Waals surface area contributed by atoms with Crippen molar-refractivity contribution in [2.75, 3.05) is 0 Å². The number of halogens is 1. The number of rotatable bonds is 3. The molecule has 0 saturated heterocycles. The van der Waals surface area contributed by atoms with Gasteiger partial charge in [-0.05, 0) is 29.8 Å². The molecule has 3 heterocycles. The van der Waals surface area contributed by atoms with E-state index in [1.165, 1.54) is 0 Å². The normalized spacial score (nSPS) is 11.2. The maximum atomic E-state index is 11.7. The van der Waals surface area contributed by atoms with E-state index in [0.717, 1.165) is 27.4 Å². The largest absolute Gasteiger partial charge is 0.366 e. The van der Waals surface area contributed by atoms with Crippen molar-refractivity contribution in [3.8, 4) is 0 Å². The average molecular weight is 337 g/mol. The third kappa shape index (κ3) is 2.49. The summed E-state index contributed by atoms with van der Waals surface area (Å²) in [7, 11) is 0. The van der Waals surface area contributed by atoms with Crippen molar-refractivity contribution in [2.45, 2.75) is 6.54 Å². The Hall–Kier alpha value is -2.92. The number of nitrogens with two attached hydrogens (primary N) is 1. The zero-order valence-corrected chi connectivity index (χ0v) is 13.4. The van der Waals surface area contributed by atoms with Crippen molar-refractivity contribution in [3.63, 3.8) is 0 Å². The topological polar surface area (TPSA) is 73.8 Å². The molecular formula is C18H13ClN4O. The highest BCUT2D eigenvalue weighted by Gasteiger charge is 2.13. The number of amides is 1. The summed E-state index contributed by atoms with van der Waals surface area (Å²) in [6, 6.07) is 9.70. The van der Waals surface area contributed by atoms with Crippen LogP contribution in [0.1, 0.15) is 15.9 Å². The van der Waals surface area contributed by atoms with Gasteiger partial charge in [-0.1, -0.05) is 17.7 Å². The molecule has 3 aromatic heterocycles. The fourth-order valence-corrected chi connectivity index (χ4v) is 3.08. The molecule has 5 nitrogen and oxygen atoms in total. The number of carbonyl (C=O) groups is 1. The highest BCUT2D eigenvalue weighted by molar-refractivity contribution is 6.31. The van der Waals surface area contributed by atoms with Crippen LogP contribution >= 0.6 is 11.6 Å². The molecule has 0 aliphatic rings. The van der Waals surface area contributed by atoms with Gasteiger partial charge in [-0.25, -0.2) is 0 Å². The first-order valence-electron chi connectivity index (χ1n) is 7.38. The molecule has 0 unspecified atom stereocenters. The Morgan fingerprint density at radius 1 is 1.21 bits per heavy atom. The summed E-state index contributed by atoms with van der Waals surface area (Å²) < 4.78 is 1.97. The first-order chi connectivity index (χ1) is 11.6. The van der Waals surface area contributed by atoms with Crippen molar-refractivity contribution in [1.82, 2.24) is 14.5 Å². The van der Waals surface area contributed by atoms with Crippen LogP contribution in [0.15, 0.2) is 55.1 Å². The third-order valence-electron chi connectivity index (χ3n) is 4.02. The second kappa shape index (κ2) is 5.62. The predicted molar refractivity (Wildman–Crippen MR) is 94.1 cm³/mol. The lowest BCUT2D eigenvalue weighted by Crippen LogP contribution is -2.10. The lowest BCUT2D eigenvalue weighted by molar-refractivity contribution is 0.100. The van der Waals surface area contributed by atoms with Crippen LogP contribution in [0.25, 0.3) is 21.8 Å². The summed E-state index contributed by atoms with van der Waals surface area (Å²) in [6.07, 6.45) is 6.80. The average Bonchev–Trinajstić information content (AvgIpc) is 2.94. The van der Waals surface area contributed by atoms with Crippen molar-refractivity contribution >= 4 is 39.3 Å². The van der Waals surface area contributed by atoms with E-state index in [1.54, 1.807) is 30.9 Å². The smallest absolute Gasteiger partial charge is 0.250 e. The number of carbonyl (C=O) groups excluding carboxylic acids is 1. The van der Waals surface area contributed by atoms with E-state index in [0.29, 0.717) is 17.1 Å². The fourth-order valence-electron chi connectivity index (χ4n) is 2.91. The number of pyridine rings is 2. The van der Waals surface area contributed by atoms with E-state index >= 15 is 0 Å². The molecule has 0 radical (unpaired) electrons. The maximum Gasteiger partial charge on any atom is 0.250 e. The summed E-state index contributed by atoms with van der Waals surface area (Å²) in [4.78, 5) is 20.1. The van der Waals surface area contributed by atoms with Crippen LogP contribution in [0.2, 0.25) is 5.02 Å². The van der Waals surface area contributed by atoms with E-state index in [1.807, 2.05) is 28.8 Å². The van der Waals surface area contributed by atoms with Crippen LogP contribution in [0.5, 0.6) is 0 Å². The standard InChI is InChI=1S/C18H13ClN4O/c19-13-6-12-5-11(1-2-16(12)22-7-13)9-23-10-15(18(20)24)14-3-4-21-8-17(14)23/h1-8,10H,9H2,(H2,20,24). The SMILES string of the molecule is NC(=O)c1cn(Cc2ccc3ncc(Cl)cc3c2)c2cnccc12. The quantitative estimate of drug-likeness (QED) is 0.623. The van der Waals surface area contributed by atoms with Crippen LogP contribution in [-0.4, -0.2) is 20.4 Å². The number of benzene rings is 1. The number of aromatic nitrogens is 3. The molecule has 6 heteroatoms. The first kappa shape index (κ1) is 14.7. The fraction of sp³-hybridized carbons (Fsp3) is 0.0556. The van der Waals surface area contributed by atoms with Gasteiger partial charge in [-0.2, -0.15) is 0 Å². The molecule has 24 heavy (non-hydrogen) atoms. The maximum absolute atomic E-state index is 11.7. The van der Waals surface area contributed by atoms with Gasteiger partial charge >= 0.3 is 0 Å². The second-order valence-electron chi connectivity index (χ2n) is 5.61. The molecule has 0 aliphatic carbocycles. The molecule has 0 fully saturated rings. The van der Waals surface area contributed by atoms with Crippen molar-refractivity contribution in [3.05, 3.63) is 71.3 Å². The van der Waals surface area contributed by atoms with Crippen molar-refractivity contribution < 1.29 is 4.79 Å². The zero-order valence-electron chi connectivity index (χ0n) is 12.6. The number of hydrogen-bond acceptors (Lipinski definition) is 3. The van der Waals surface area contributed by atoms with E-state index < -0.39 is 5.91 Å². The highest BCUT2D eigenvalue weighted by atomic mass is 35.5. The van der Waals surface area contributed by atoms with Crippen LogP contribution in [0, 0.1) is 0 Å². The van der Waals surface area contributed by atoms with Gasteiger partial charge in [0.15, 0.2) is 0 Å². The molecule has 1 aromatic carbocycles. The molecule has 0 bridgehead atoms. The molecular weight excluding hydrogens is 324 g/mol. The zero-order chi connectivity index (χ0) is 16.7. The first-order valence-corrected chi connectivity index (χ1v) is 7.76. The third-order valence-corrected chi connectivity index (χ3v) is 4.22. The molecule has 118 valence electrons. The molecule has 2 N–H and O–H groups in total. The van der Waals surface area contributed by atoms with E-state index in [9.17, 15) is 4.79 Å². The van der Waals surface area contributed by atoms with Gasteiger partial charge < -0.3 is 10.3 Å². The Labute approximate surface area is 142 Å². The van der Waals surface area contributed by atoms with E-state index in [2.05, 4.69) is 9.97 Å². The Bertz CT molecular complexity index is 1090. The summed E-state index contributed by atoms with van der Waals surface area (Å²) in [5, 5.41) is 2.39. The molecule has 0 atom stereocenters. The van der Waals surface area contributed by atoms with Gasteiger partial charge in [0.1, 0.15) is 0 Å². The van der Waals surface area contributed by atoms with Gasteiger partial charge in [0.05, 0.1) is 27.8 Å². The summed E-state index contributed by atoms with van der Waals surface area (Å²) in [6.45, 7) is 0.595. The molecule has 0 saturated carbocycles. The number of nitrogens with zero attached hydrogens (tertiary/aromatic N) is 3. The minimum atomic E-state index is -0.445. The van der Waals surface area contributed by atoms with Crippen LogP contribution < -0.4 is 5.73 Å². The number of primary amides is 1. The van der Waals surface area contributed by atoms with Gasteiger partial charge in [-0.15, -0.1) is 0 Å². The second-order valence-corrected chi connectivity index (χ2v) is 6.04. The minimum Gasteiger partial charge on any atom is -0.366 e. The summed E-state index contributed by atoms with van der Waals surface area (Å²) in [5.74, 6) is -0.445. The minimum absolute atomic E-state index is 0.445. The van der Waals surface area contributed by atoms with Crippen LogP contribution in [-0.2, 0) is 6.54 Å². The molecule has 4 rings (SSSR count). The molecule has 0 spiro atoms. The van der Waals surface area contributed by atoms with Gasteiger partial charge in [-0.3, -0.25) is 14.8 Å². The predicted octanol–water partition coefficient (Wildman–Crippen LogP) is 3.39. The Morgan fingerprint density at radius 2 is 2.08 bits per heavy atom. The summed E-state index contributed by atoms with van der Waals surface area (Å²) >= 11 is 6.02. The highest BCUT2D eigenvalue weighted by Crippen LogP contribution is 2.23. The molecule has 0 aliphatic heterocycles. The van der Waals surface area contributed by atoms with Crippen LogP contribution in [0.4, 0.5) is 0 Å². The summed E-state index contributed by atoms with van der Waals surface area (Å²) in [5.41, 5.74) is 8.81. The van der Waals surface area contributed by atoms with Gasteiger partial charge in [0.2, 0.25) is 0 Å².